The van der Waals surface area contributed by atoms with E-state index in [0.29, 0.717) is 18.9 Å². The molecule has 0 spiro atoms. The number of carbonyl (C=O) groups excluding carboxylic acids is 1. The van der Waals surface area contributed by atoms with Gasteiger partial charge in [0, 0.05) is 62.7 Å². The van der Waals surface area contributed by atoms with Crippen molar-refractivity contribution in [2.45, 2.75) is 6.18 Å². The summed E-state index contributed by atoms with van der Waals surface area (Å²) in [5.74, 6) is 1.74. The summed E-state index contributed by atoms with van der Waals surface area (Å²) in [5, 5.41) is 4.18. The van der Waals surface area contributed by atoms with Gasteiger partial charge in [0.2, 0.25) is 0 Å². The molecule has 2 unspecified atom stereocenters. The van der Waals surface area contributed by atoms with E-state index in [0.717, 1.165) is 31.2 Å². The fourth-order valence-corrected chi connectivity index (χ4v) is 4.26. The lowest BCUT2D eigenvalue weighted by Gasteiger charge is -2.22. The minimum absolute atomic E-state index is 0.171. The summed E-state index contributed by atoms with van der Waals surface area (Å²) in [7, 11) is 0. The minimum atomic E-state index is -4.52. The van der Waals surface area contributed by atoms with E-state index in [4.69, 9.17) is 0 Å². The van der Waals surface area contributed by atoms with E-state index in [2.05, 4.69) is 25.0 Å². The number of amides is 1. The Morgan fingerprint density at radius 1 is 1.00 bits per heavy atom. The standard InChI is InChI=1S/C20H18F3N7O/c21-20(22,23)16-3-2-13(7-24-16)19(31)29-10-14-8-28(9-15(14)11-29)17-6-18(26-12-25-17)30-5-1-4-27-30/h1-7,12,14-15H,8-11H2. The topological polar surface area (TPSA) is 80.0 Å². The number of rotatable bonds is 3. The highest BCUT2D eigenvalue weighted by molar-refractivity contribution is 5.94. The van der Waals surface area contributed by atoms with E-state index in [1.165, 1.54) is 12.4 Å². The lowest BCUT2D eigenvalue weighted by Crippen LogP contribution is -2.33. The van der Waals surface area contributed by atoms with Gasteiger partial charge in [-0.25, -0.2) is 14.6 Å². The van der Waals surface area contributed by atoms with Crippen LogP contribution in [-0.4, -0.2) is 61.7 Å². The zero-order valence-corrected chi connectivity index (χ0v) is 16.3. The van der Waals surface area contributed by atoms with Crippen molar-refractivity contribution in [3.63, 3.8) is 0 Å². The van der Waals surface area contributed by atoms with E-state index >= 15 is 0 Å². The van der Waals surface area contributed by atoms with Gasteiger partial charge in [0.05, 0.1) is 5.56 Å². The van der Waals surface area contributed by atoms with E-state index in [1.54, 1.807) is 15.8 Å². The second kappa shape index (κ2) is 7.33. The lowest BCUT2D eigenvalue weighted by molar-refractivity contribution is -0.141. The summed E-state index contributed by atoms with van der Waals surface area (Å²) in [6.45, 7) is 2.60. The van der Waals surface area contributed by atoms with Gasteiger partial charge in [0.15, 0.2) is 5.82 Å². The van der Waals surface area contributed by atoms with Gasteiger partial charge in [0.25, 0.3) is 5.91 Å². The third-order valence-electron chi connectivity index (χ3n) is 5.78. The van der Waals surface area contributed by atoms with Gasteiger partial charge in [0.1, 0.15) is 17.8 Å². The highest BCUT2D eigenvalue weighted by atomic mass is 19.4. The van der Waals surface area contributed by atoms with Crippen LogP contribution in [0.2, 0.25) is 0 Å². The first-order chi connectivity index (χ1) is 14.9. The summed E-state index contributed by atoms with van der Waals surface area (Å²) in [4.78, 5) is 28.6. The SMILES string of the molecule is O=C(c1ccc(C(F)(F)F)nc1)N1CC2CN(c3cc(-n4cccn4)ncn3)CC2C1. The maximum absolute atomic E-state index is 12.7. The van der Waals surface area contributed by atoms with Crippen LogP contribution in [0.15, 0.2) is 49.2 Å². The lowest BCUT2D eigenvalue weighted by atomic mass is 10.0. The van der Waals surface area contributed by atoms with Crippen molar-refractivity contribution in [2.75, 3.05) is 31.1 Å². The van der Waals surface area contributed by atoms with Crippen LogP contribution >= 0.6 is 0 Å². The van der Waals surface area contributed by atoms with Gasteiger partial charge in [-0.3, -0.25) is 9.78 Å². The molecule has 0 aromatic carbocycles. The van der Waals surface area contributed by atoms with Crippen LogP contribution in [0, 0.1) is 11.8 Å². The zero-order chi connectivity index (χ0) is 21.6. The number of anilines is 1. The fourth-order valence-electron chi connectivity index (χ4n) is 4.26. The number of likely N-dealkylation sites (tertiary alicyclic amines) is 1. The van der Waals surface area contributed by atoms with Crippen molar-refractivity contribution < 1.29 is 18.0 Å². The molecule has 3 aromatic heterocycles. The predicted octanol–water partition coefficient (Wildman–Crippen LogP) is 2.28. The third-order valence-corrected chi connectivity index (χ3v) is 5.78. The van der Waals surface area contributed by atoms with Crippen molar-refractivity contribution in [1.29, 1.82) is 0 Å². The smallest absolute Gasteiger partial charge is 0.356 e. The number of alkyl halides is 3. The van der Waals surface area contributed by atoms with Crippen LogP contribution in [0.25, 0.3) is 5.82 Å². The van der Waals surface area contributed by atoms with Crippen molar-refractivity contribution in [2.24, 2.45) is 11.8 Å². The average Bonchev–Trinajstić information content (AvgIpc) is 3.49. The van der Waals surface area contributed by atoms with Crippen LogP contribution in [0.1, 0.15) is 16.1 Å². The number of pyridine rings is 1. The third kappa shape index (κ3) is 3.71. The molecule has 2 saturated heterocycles. The molecule has 0 N–H and O–H groups in total. The summed E-state index contributed by atoms with van der Waals surface area (Å²) >= 11 is 0. The van der Waals surface area contributed by atoms with Gasteiger partial charge >= 0.3 is 6.18 Å². The number of nitrogens with zero attached hydrogens (tertiary/aromatic N) is 7. The molecule has 2 aliphatic rings. The molecule has 1 amide bonds. The quantitative estimate of drug-likeness (QED) is 0.636. The Bertz CT molecular complexity index is 1070. The highest BCUT2D eigenvalue weighted by Crippen LogP contribution is 2.34. The highest BCUT2D eigenvalue weighted by Gasteiger charge is 2.42. The Morgan fingerprint density at radius 3 is 2.35 bits per heavy atom. The molecule has 3 aromatic rings. The second-order valence-corrected chi connectivity index (χ2v) is 7.75. The molecule has 2 atom stereocenters. The fraction of sp³-hybridized carbons (Fsp3) is 0.350. The van der Waals surface area contributed by atoms with Gasteiger partial charge in [-0.15, -0.1) is 0 Å². The summed E-state index contributed by atoms with van der Waals surface area (Å²) in [6.07, 6.45) is 1.48. The first-order valence-corrected chi connectivity index (χ1v) is 9.78. The van der Waals surface area contributed by atoms with Crippen LogP contribution in [0.4, 0.5) is 19.0 Å². The minimum Gasteiger partial charge on any atom is -0.356 e. The van der Waals surface area contributed by atoms with E-state index in [9.17, 15) is 18.0 Å². The van der Waals surface area contributed by atoms with Crippen LogP contribution < -0.4 is 4.90 Å². The maximum atomic E-state index is 12.7. The molecule has 5 heterocycles. The number of hydrogen-bond acceptors (Lipinski definition) is 6. The number of aromatic nitrogens is 5. The van der Waals surface area contributed by atoms with Gasteiger partial charge in [-0.05, 0) is 18.2 Å². The number of fused-ring (bicyclic) bond motifs is 1. The molecule has 0 bridgehead atoms. The van der Waals surface area contributed by atoms with Crippen molar-refractivity contribution in [3.8, 4) is 5.82 Å². The number of carbonyl (C=O) groups is 1. The van der Waals surface area contributed by atoms with Crippen molar-refractivity contribution >= 4 is 11.7 Å². The molecule has 8 nitrogen and oxygen atoms in total. The van der Waals surface area contributed by atoms with Crippen LogP contribution in [-0.2, 0) is 6.18 Å². The summed E-state index contributed by atoms with van der Waals surface area (Å²) in [6, 6.07) is 5.74. The monoisotopic (exact) mass is 429 g/mol. The van der Waals surface area contributed by atoms with Gasteiger partial charge < -0.3 is 9.80 Å². The number of halogens is 3. The first-order valence-electron chi connectivity index (χ1n) is 9.78. The molecule has 0 saturated carbocycles. The molecular formula is C20H18F3N7O. The molecule has 5 rings (SSSR count). The second-order valence-electron chi connectivity index (χ2n) is 7.75. The Labute approximate surface area is 175 Å². The first kappa shape index (κ1) is 19.5. The van der Waals surface area contributed by atoms with E-state index in [-0.39, 0.29) is 23.3 Å². The Hall–Kier alpha value is -3.50. The Balaban J connectivity index is 1.24. The normalized spacial score (nSPS) is 20.9. The molecular weight excluding hydrogens is 411 g/mol. The largest absolute Gasteiger partial charge is 0.433 e. The van der Waals surface area contributed by atoms with Crippen LogP contribution in [0.3, 0.4) is 0 Å². The Kier molecular flexibility index (Phi) is 4.60. The zero-order valence-electron chi connectivity index (χ0n) is 16.3. The van der Waals surface area contributed by atoms with Gasteiger partial charge in [-0.1, -0.05) is 0 Å². The van der Waals surface area contributed by atoms with Crippen molar-refractivity contribution in [3.05, 3.63) is 60.4 Å². The molecule has 31 heavy (non-hydrogen) atoms. The Morgan fingerprint density at radius 2 is 1.74 bits per heavy atom. The molecule has 2 aliphatic heterocycles. The molecule has 2 fully saturated rings. The number of hydrogen-bond donors (Lipinski definition) is 0. The molecule has 11 heteroatoms. The molecule has 0 aliphatic carbocycles. The average molecular weight is 429 g/mol. The van der Waals surface area contributed by atoms with Crippen molar-refractivity contribution in [1.82, 2.24) is 29.6 Å². The summed E-state index contributed by atoms with van der Waals surface area (Å²) < 4.78 is 39.7. The maximum Gasteiger partial charge on any atom is 0.433 e. The van der Waals surface area contributed by atoms with Gasteiger partial charge in [-0.2, -0.15) is 18.3 Å². The summed E-state index contributed by atoms with van der Waals surface area (Å²) in [5.41, 5.74) is -0.832. The van der Waals surface area contributed by atoms with E-state index < -0.39 is 11.9 Å². The van der Waals surface area contributed by atoms with E-state index in [1.807, 2.05) is 18.3 Å². The predicted molar refractivity (Wildman–Crippen MR) is 103 cm³/mol. The molecule has 0 radical (unpaired) electrons. The molecule has 160 valence electrons. The van der Waals surface area contributed by atoms with Crippen LogP contribution in [0.5, 0.6) is 0 Å².